The van der Waals surface area contributed by atoms with Crippen molar-refractivity contribution in [2.24, 2.45) is 11.7 Å². The van der Waals surface area contributed by atoms with E-state index in [1.807, 2.05) is 12.3 Å². The van der Waals surface area contributed by atoms with Gasteiger partial charge in [-0.3, -0.25) is 9.88 Å². The molecule has 0 aliphatic heterocycles. The molecule has 2 unspecified atom stereocenters. The summed E-state index contributed by atoms with van der Waals surface area (Å²) in [4.78, 5) is 6.90. The van der Waals surface area contributed by atoms with E-state index in [4.69, 9.17) is 5.73 Å². The number of hydrogen-bond acceptors (Lipinski definition) is 3. The molecule has 0 spiro atoms. The maximum Gasteiger partial charge on any atom is 0.0573 e. The maximum atomic E-state index is 5.84. The third-order valence-electron chi connectivity index (χ3n) is 4.00. The second kappa shape index (κ2) is 5.61. The second-order valence-corrected chi connectivity index (χ2v) is 5.18. The van der Waals surface area contributed by atoms with Gasteiger partial charge in [0.1, 0.15) is 0 Å². The van der Waals surface area contributed by atoms with Crippen LogP contribution in [-0.2, 0) is 6.54 Å². The van der Waals surface area contributed by atoms with E-state index in [0.717, 1.165) is 13.1 Å². The van der Waals surface area contributed by atoms with Crippen LogP contribution in [0.5, 0.6) is 0 Å². The quantitative estimate of drug-likeness (QED) is 0.864. The molecule has 1 aromatic heterocycles. The lowest BCUT2D eigenvalue weighted by molar-refractivity contribution is 0.190. The van der Waals surface area contributed by atoms with Gasteiger partial charge in [0.25, 0.3) is 0 Å². The highest BCUT2D eigenvalue weighted by atomic mass is 15.1. The van der Waals surface area contributed by atoms with Crippen molar-refractivity contribution in [3.8, 4) is 0 Å². The first-order valence-corrected chi connectivity index (χ1v) is 6.53. The van der Waals surface area contributed by atoms with Crippen LogP contribution in [0.25, 0.3) is 0 Å². The van der Waals surface area contributed by atoms with Gasteiger partial charge in [-0.15, -0.1) is 0 Å². The molecule has 3 nitrogen and oxygen atoms in total. The second-order valence-electron chi connectivity index (χ2n) is 5.18. The average molecular weight is 233 g/mol. The van der Waals surface area contributed by atoms with E-state index in [1.165, 1.54) is 30.5 Å². The Hall–Kier alpha value is -0.930. The zero-order valence-electron chi connectivity index (χ0n) is 10.9. The summed E-state index contributed by atoms with van der Waals surface area (Å²) >= 11 is 0. The topological polar surface area (TPSA) is 42.2 Å². The Kier molecular flexibility index (Phi) is 4.13. The van der Waals surface area contributed by atoms with Crippen LogP contribution in [0.2, 0.25) is 0 Å². The molecule has 1 saturated carbocycles. The lowest BCUT2D eigenvalue weighted by Gasteiger charge is -2.29. The fourth-order valence-electron chi connectivity index (χ4n) is 2.91. The van der Waals surface area contributed by atoms with Crippen LogP contribution < -0.4 is 5.73 Å². The van der Waals surface area contributed by atoms with Crippen molar-refractivity contribution >= 4 is 0 Å². The van der Waals surface area contributed by atoms with Crippen molar-refractivity contribution in [2.45, 2.75) is 38.8 Å². The SMILES string of the molecule is Cc1cccnc1CN(C)C1CCCC1CN. The fourth-order valence-corrected chi connectivity index (χ4v) is 2.91. The molecule has 1 aliphatic carbocycles. The summed E-state index contributed by atoms with van der Waals surface area (Å²) in [5.41, 5.74) is 8.31. The van der Waals surface area contributed by atoms with Gasteiger partial charge in [0, 0.05) is 18.8 Å². The van der Waals surface area contributed by atoms with Crippen molar-refractivity contribution in [1.29, 1.82) is 0 Å². The molecular formula is C14H23N3. The Morgan fingerprint density at radius 1 is 1.47 bits per heavy atom. The molecule has 1 heterocycles. The molecule has 1 aromatic rings. The summed E-state index contributed by atoms with van der Waals surface area (Å²) in [5.74, 6) is 0.670. The lowest BCUT2D eigenvalue weighted by atomic mass is 10.0. The highest BCUT2D eigenvalue weighted by molar-refractivity contribution is 5.17. The summed E-state index contributed by atoms with van der Waals surface area (Å²) < 4.78 is 0. The molecule has 2 rings (SSSR count). The molecule has 0 radical (unpaired) electrons. The number of nitrogens with zero attached hydrogens (tertiary/aromatic N) is 2. The maximum absolute atomic E-state index is 5.84. The van der Waals surface area contributed by atoms with E-state index in [-0.39, 0.29) is 0 Å². The van der Waals surface area contributed by atoms with Gasteiger partial charge in [-0.05, 0) is 50.9 Å². The number of aromatic nitrogens is 1. The standard InChI is InChI=1S/C14H23N3/c1-11-5-4-8-16-13(11)10-17(2)14-7-3-6-12(14)9-15/h4-5,8,12,14H,3,6-7,9-10,15H2,1-2H3. The van der Waals surface area contributed by atoms with E-state index in [2.05, 4.69) is 29.9 Å². The average Bonchev–Trinajstić information content (AvgIpc) is 2.80. The molecule has 0 saturated heterocycles. The summed E-state index contributed by atoms with van der Waals surface area (Å²) in [7, 11) is 2.20. The molecule has 94 valence electrons. The minimum absolute atomic E-state index is 0.640. The Balaban J connectivity index is 2.01. The Morgan fingerprint density at radius 3 is 3.00 bits per heavy atom. The van der Waals surface area contributed by atoms with E-state index in [0.29, 0.717) is 12.0 Å². The summed E-state index contributed by atoms with van der Waals surface area (Å²) in [5, 5.41) is 0. The molecular weight excluding hydrogens is 210 g/mol. The smallest absolute Gasteiger partial charge is 0.0573 e. The minimum Gasteiger partial charge on any atom is -0.330 e. The predicted molar refractivity (Wildman–Crippen MR) is 70.6 cm³/mol. The highest BCUT2D eigenvalue weighted by Crippen LogP contribution is 2.29. The van der Waals surface area contributed by atoms with Crippen molar-refractivity contribution in [3.05, 3.63) is 29.6 Å². The van der Waals surface area contributed by atoms with Crippen LogP contribution >= 0.6 is 0 Å². The van der Waals surface area contributed by atoms with Gasteiger partial charge in [-0.1, -0.05) is 12.5 Å². The number of hydrogen-bond donors (Lipinski definition) is 1. The third-order valence-corrected chi connectivity index (χ3v) is 4.00. The summed E-state index contributed by atoms with van der Waals surface area (Å²) in [6, 6.07) is 4.77. The Labute approximate surface area is 104 Å². The van der Waals surface area contributed by atoms with Crippen LogP contribution in [0.15, 0.2) is 18.3 Å². The largest absolute Gasteiger partial charge is 0.330 e. The summed E-state index contributed by atoms with van der Waals surface area (Å²) in [6.07, 6.45) is 5.76. The van der Waals surface area contributed by atoms with Crippen LogP contribution in [0.1, 0.15) is 30.5 Å². The van der Waals surface area contributed by atoms with E-state index in [1.54, 1.807) is 0 Å². The number of pyridine rings is 1. The third kappa shape index (κ3) is 2.85. The molecule has 3 heteroatoms. The molecule has 0 amide bonds. The normalized spacial score (nSPS) is 24.5. The molecule has 0 aromatic carbocycles. The van der Waals surface area contributed by atoms with E-state index < -0.39 is 0 Å². The Bertz CT molecular complexity index is 364. The molecule has 2 atom stereocenters. The van der Waals surface area contributed by atoms with Gasteiger partial charge in [0.05, 0.1) is 5.69 Å². The molecule has 2 N–H and O–H groups in total. The number of rotatable bonds is 4. The van der Waals surface area contributed by atoms with Crippen LogP contribution in [0.3, 0.4) is 0 Å². The van der Waals surface area contributed by atoms with Gasteiger partial charge >= 0.3 is 0 Å². The zero-order valence-corrected chi connectivity index (χ0v) is 10.9. The van der Waals surface area contributed by atoms with Crippen LogP contribution in [0, 0.1) is 12.8 Å². The van der Waals surface area contributed by atoms with Gasteiger partial charge in [0.15, 0.2) is 0 Å². The first kappa shape index (κ1) is 12.5. The van der Waals surface area contributed by atoms with E-state index >= 15 is 0 Å². The molecule has 1 fully saturated rings. The van der Waals surface area contributed by atoms with Crippen LogP contribution in [-0.4, -0.2) is 29.5 Å². The van der Waals surface area contributed by atoms with Crippen molar-refractivity contribution < 1.29 is 0 Å². The first-order valence-electron chi connectivity index (χ1n) is 6.53. The fraction of sp³-hybridized carbons (Fsp3) is 0.643. The lowest BCUT2D eigenvalue weighted by Crippen LogP contribution is -2.37. The van der Waals surface area contributed by atoms with Crippen molar-refractivity contribution in [3.63, 3.8) is 0 Å². The molecule has 17 heavy (non-hydrogen) atoms. The number of nitrogens with two attached hydrogens (primary N) is 1. The summed E-state index contributed by atoms with van der Waals surface area (Å²) in [6.45, 7) is 3.88. The molecule has 1 aliphatic rings. The van der Waals surface area contributed by atoms with Gasteiger partial charge in [0.2, 0.25) is 0 Å². The molecule has 0 bridgehead atoms. The van der Waals surface area contributed by atoms with Crippen molar-refractivity contribution in [1.82, 2.24) is 9.88 Å². The van der Waals surface area contributed by atoms with Crippen LogP contribution in [0.4, 0.5) is 0 Å². The highest BCUT2D eigenvalue weighted by Gasteiger charge is 2.29. The first-order chi connectivity index (χ1) is 8.22. The zero-order chi connectivity index (χ0) is 12.3. The van der Waals surface area contributed by atoms with Crippen molar-refractivity contribution in [2.75, 3.05) is 13.6 Å². The minimum atomic E-state index is 0.640. The predicted octanol–water partition coefficient (Wildman–Crippen LogP) is 1.95. The van der Waals surface area contributed by atoms with Gasteiger partial charge in [-0.25, -0.2) is 0 Å². The monoisotopic (exact) mass is 233 g/mol. The van der Waals surface area contributed by atoms with Gasteiger partial charge < -0.3 is 5.73 Å². The Morgan fingerprint density at radius 2 is 2.29 bits per heavy atom. The van der Waals surface area contributed by atoms with E-state index in [9.17, 15) is 0 Å². The van der Waals surface area contributed by atoms with Gasteiger partial charge in [-0.2, -0.15) is 0 Å². The number of aryl methyl sites for hydroxylation is 1.